The van der Waals surface area contributed by atoms with Crippen molar-refractivity contribution in [2.45, 2.75) is 0 Å². The Morgan fingerprint density at radius 3 is 2.27 bits per heavy atom. The third kappa shape index (κ3) is 3.90. The minimum Gasteiger partial charge on any atom is -0.495 e. The summed E-state index contributed by atoms with van der Waals surface area (Å²) in [5.41, 5.74) is 0.738. The van der Waals surface area contributed by atoms with Crippen molar-refractivity contribution in [2.75, 3.05) is 17.7 Å². The van der Waals surface area contributed by atoms with E-state index >= 15 is 0 Å². The molecule has 0 spiro atoms. The number of ether oxygens (including phenoxy) is 1. The van der Waals surface area contributed by atoms with Crippen molar-refractivity contribution in [2.24, 2.45) is 0 Å². The maximum Gasteiger partial charge on any atom is 0.314 e. The summed E-state index contributed by atoms with van der Waals surface area (Å²) in [6, 6.07) is 11.3. The van der Waals surface area contributed by atoms with Gasteiger partial charge in [0.05, 0.1) is 22.8 Å². The fraction of sp³-hybridized carbons (Fsp3) is 0.0667. The van der Waals surface area contributed by atoms with Crippen LogP contribution in [0.3, 0.4) is 0 Å². The van der Waals surface area contributed by atoms with Crippen molar-refractivity contribution in [1.29, 1.82) is 0 Å². The molecule has 2 amide bonds. The fourth-order valence-corrected chi connectivity index (χ4v) is 2.11. The Morgan fingerprint density at radius 2 is 1.64 bits per heavy atom. The number of nitrogens with one attached hydrogen (secondary N) is 2. The Kier molecular flexibility index (Phi) is 5.25. The number of hydrogen-bond acceptors (Lipinski definition) is 3. The molecule has 2 rings (SSSR count). The molecule has 114 valence electrons. The lowest BCUT2D eigenvalue weighted by Gasteiger charge is -2.09. The Bertz CT molecular complexity index is 720. The highest BCUT2D eigenvalue weighted by molar-refractivity contribution is 6.45. The highest BCUT2D eigenvalue weighted by atomic mass is 35.5. The van der Waals surface area contributed by atoms with Crippen LogP contribution in [0.25, 0.3) is 0 Å². The van der Waals surface area contributed by atoms with Crippen LogP contribution >= 0.6 is 23.2 Å². The van der Waals surface area contributed by atoms with E-state index in [-0.39, 0.29) is 0 Å². The number of carbonyl (C=O) groups is 2. The van der Waals surface area contributed by atoms with E-state index in [4.69, 9.17) is 27.9 Å². The van der Waals surface area contributed by atoms with Crippen LogP contribution in [0.2, 0.25) is 10.0 Å². The van der Waals surface area contributed by atoms with E-state index in [1.54, 1.807) is 36.4 Å². The first-order valence-electron chi connectivity index (χ1n) is 6.21. The Morgan fingerprint density at radius 1 is 0.955 bits per heavy atom. The second-order valence-electron chi connectivity index (χ2n) is 4.24. The smallest absolute Gasteiger partial charge is 0.314 e. The first kappa shape index (κ1) is 16.1. The maximum absolute atomic E-state index is 11.9. The van der Waals surface area contributed by atoms with Gasteiger partial charge in [0.25, 0.3) is 0 Å². The first-order chi connectivity index (χ1) is 10.5. The van der Waals surface area contributed by atoms with Crippen molar-refractivity contribution in [3.8, 4) is 5.75 Å². The molecular formula is C15H12Cl2N2O3. The molecule has 2 aromatic rings. The van der Waals surface area contributed by atoms with Crippen LogP contribution in [0.1, 0.15) is 0 Å². The Hall–Kier alpha value is -2.24. The summed E-state index contributed by atoms with van der Waals surface area (Å²) in [5, 5.41) is 5.54. The zero-order valence-electron chi connectivity index (χ0n) is 11.5. The standard InChI is InChI=1S/C15H12Cl2N2O3/c1-22-13-7-6-9(8-11(13)17)18-14(20)15(21)19-12-5-3-2-4-10(12)16/h2-8H,1H3,(H,18,20)(H,19,21). The van der Waals surface area contributed by atoms with Gasteiger partial charge in [0.15, 0.2) is 0 Å². The molecule has 22 heavy (non-hydrogen) atoms. The number of carbonyl (C=O) groups excluding carboxylic acids is 2. The van der Waals surface area contributed by atoms with Crippen molar-refractivity contribution >= 4 is 46.4 Å². The van der Waals surface area contributed by atoms with Crippen LogP contribution in [0, 0.1) is 0 Å². The Balaban J connectivity index is 2.04. The largest absolute Gasteiger partial charge is 0.495 e. The number of methoxy groups -OCH3 is 1. The molecule has 0 heterocycles. The average Bonchev–Trinajstić information content (AvgIpc) is 2.49. The van der Waals surface area contributed by atoms with E-state index in [1.165, 1.54) is 13.2 Å². The van der Waals surface area contributed by atoms with Crippen LogP contribution in [-0.4, -0.2) is 18.9 Å². The van der Waals surface area contributed by atoms with Gasteiger partial charge in [0.1, 0.15) is 5.75 Å². The normalized spacial score (nSPS) is 9.95. The summed E-state index contributed by atoms with van der Waals surface area (Å²) in [4.78, 5) is 23.7. The molecule has 0 unspecified atom stereocenters. The van der Waals surface area contributed by atoms with Gasteiger partial charge in [-0.2, -0.15) is 0 Å². The Labute approximate surface area is 137 Å². The number of anilines is 2. The van der Waals surface area contributed by atoms with Crippen molar-refractivity contribution in [3.05, 3.63) is 52.5 Å². The summed E-state index contributed by atoms with van der Waals surface area (Å²) in [6.07, 6.45) is 0. The van der Waals surface area contributed by atoms with Gasteiger partial charge in [-0.3, -0.25) is 9.59 Å². The van der Waals surface area contributed by atoms with Gasteiger partial charge >= 0.3 is 11.8 Å². The third-order valence-corrected chi connectivity index (χ3v) is 3.36. The molecular weight excluding hydrogens is 327 g/mol. The summed E-state index contributed by atoms with van der Waals surface area (Å²) < 4.78 is 5.01. The molecule has 0 saturated carbocycles. The average molecular weight is 339 g/mol. The number of halogens is 2. The highest BCUT2D eigenvalue weighted by Gasteiger charge is 2.15. The minimum atomic E-state index is -0.833. The van der Waals surface area contributed by atoms with Crippen molar-refractivity contribution in [3.63, 3.8) is 0 Å². The fourth-order valence-electron chi connectivity index (χ4n) is 1.67. The monoisotopic (exact) mass is 338 g/mol. The number of rotatable bonds is 3. The van der Waals surface area contributed by atoms with Gasteiger partial charge in [-0.25, -0.2) is 0 Å². The van der Waals surface area contributed by atoms with Crippen LogP contribution in [0.4, 0.5) is 11.4 Å². The zero-order chi connectivity index (χ0) is 16.1. The SMILES string of the molecule is COc1ccc(NC(=O)C(=O)Nc2ccccc2Cl)cc1Cl. The van der Waals surface area contributed by atoms with E-state index in [2.05, 4.69) is 10.6 Å². The van der Waals surface area contributed by atoms with Gasteiger partial charge in [0.2, 0.25) is 0 Å². The van der Waals surface area contributed by atoms with Gasteiger partial charge in [-0.05, 0) is 30.3 Å². The lowest BCUT2D eigenvalue weighted by molar-refractivity contribution is -0.132. The van der Waals surface area contributed by atoms with Crippen LogP contribution in [0.5, 0.6) is 5.75 Å². The lowest BCUT2D eigenvalue weighted by atomic mass is 10.3. The molecule has 0 aliphatic heterocycles. The van der Waals surface area contributed by atoms with Gasteiger partial charge in [-0.1, -0.05) is 35.3 Å². The van der Waals surface area contributed by atoms with Gasteiger partial charge in [-0.15, -0.1) is 0 Å². The summed E-state index contributed by atoms with van der Waals surface area (Å²) in [5.74, 6) is -1.19. The van der Waals surface area contributed by atoms with Crippen molar-refractivity contribution < 1.29 is 14.3 Å². The molecule has 2 N–H and O–H groups in total. The van der Waals surface area contributed by atoms with Gasteiger partial charge < -0.3 is 15.4 Å². The third-order valence-electron chi connectivity index (χ3n) is 2.74. The molecule has 0 aromatic heterocycles. The summed E-state index contributed by atoms with van der Waals surface area (Å²) >= 11 is 11.9. The van der Waals surface area contributed by atoms with E-state index in [0.717, 1.165) is 0 Å². The van der Waals surface area contributed by atoms with Crippen LogP contribution in [0.15, 0.2) is 42.5 Å². The van der Waals surface area contributed by atoms with Gasteiger partial charge in [0, 0.05) is 5.69 Å². The molecule has 0 aliphatic carbocycles. The molecule has 7 heteroatoms. The van der Waals surface area contributed by atoms with E-state index in [0.29, 0.717) is 27.2 Å². The molecule has 0 bridgehead atoms. The molecule has 0 atom stereocenters. The summed E-state index contributed by atoms with van der Waals surface area (Å²) in [7, 11) is 1.48. The number of para-hydroxylation sites is 1. The quantitative estimate of drug-likeness (QED) is 0.840. The number of hydrogen-bond donors (Lipinski definition) is 2. The predicted molar refractivity (Wildman–Crippen MR) is 86.7 cm³/mol. The minimum absolute atomic E-state index is 0.326. The molecule has 0 aliphatic rings. The molecule has 5 nitrogen and oxygen atoms in total. The lowest BCUT2D eigenvalue weighted by Crippen LogP contribution is -2.29. The van der Waals surface area contributed by atoms with E-state index in [9.17, 15) is 9.59 Å². The zero-order valence-corrected chi connectivity index (χ0v) is 13.0. The highest BCUT2D eigenvalue weighted by Crippen LogP contribution is 2.27. The molecule has 0 fully saturated rings. The molecule has 2 aromatic carbocycles. The van der Waals surface area contributed by atoms with Crippen LogP contribution in [-0.2, 0) is 9.59 Å². The second-order valence-corrected chi connectivity index (χ2v) is 5.05. The van der Waals surface area contributed by atoms with E-state index in [1.807, 2.05) is 0 Å². The number of amides is 2. The predicted octanol–water partition coefficient (Wildman–Crippen LogP) is 3.58. The topological polar surface area (TPSA) is 67.4 Å². The molecule has 0 radical (unpaired) electrons. The van der Waals surface area contributed by atoms with E-state index < -0.39 is 11.8 Å². The maximum atomic E-state index is 11.9. The second kappa shape index (κ2) is 7.15. The van der Waals surface area contributed by atoms with Crippen LogP contribution < -0.4 is 15.4 Å². The molecule has 0 saturated heterocycles. The van der Waals surface area contributed by atoms with Crippen molar-refractivity contribution in [1.82, 2.24) is 0 Å². The number of benzene rings is 2. The summed E-state index contributed by atoms with van der Waals surface area (Å²) in [6.45, 7) is 0. The first-order valence-corrected chi connectivity index (χ1v) is 6.97.